The summed E-state index contributed by atoms with van der Waals surface area (Å²) < 4.78 is 82.6. The summed E-state index contributed by atoms with van der Waals surface area (Å²) in [5.41, 5.74) is -2.53. The maximum absolute atomic E-state index is 13.8. The number of carbonyl (C=O) groups excluding carboxylic acids is 1. The third-order valence-corrected chi connectivity index (χ3v) is 7.51. The second-order valence-electron chi connectivity index (χ2n) is 9.99. The van der Waals surface area contributed by atoms with Crippen molar-refractivity contribution in [1.82, 2.24) is 24.3 Å². The van der Waals surface area contributed by atoms with Crippen LogP contribution in [0.4, 0.5) is 26.3 Å². The van der Waals surface area contributed by atoms with Crippen molar-refractivity contribution in [1.29, 1.82) is 0 Å². The molecule has 2 aliphatic rings. The molecular weight excluding hydrogens is 524 g/mol. The fourth-order valence-electron chi connectivity index (χ4n) is 5.49. The van der Waals surface area contributed by atoms with Gasteiger partial charge in [-0.25, -0.2) is 4.98 Å². The van der Waals surface area contributed by atoms with Crippen molar-refractivity contribution >= 4 is 5.91 Å². The van der Waals surface area contributed by atoms with Gasteiger partial charge in [-0.1, -0.05) is 0 Å². The minimum absolute atomic E-state index is 0.0762. The number of amides is 1. The Kier molecular flexibility index (Phi) is 7.17. The van der Waals surface area contributed by atoms with Crippen LogP contribution in [0.15, 0.2) is 42.7 Å². The first-order chi connectivity index (χ1) is 18.4. The van der Waals surface area contributed by atoms with Gasteiger partial charge in [0.2, 0.25) is 0 Å². The highest BCUT2D eigenvalue weighted by atomic mass is 19.4. The third kappa shape index (κ3) is 5.52. The molecule has 1 amide bonds. The summed E-state index contributed by atoms with van der Waals surface area (Å²) in [6, 6.07) is 4.91. The molecule has 1 aromatic carbocycles. The van der Waals surface area contributed by atoms with Crippen molar-refractivity contribution in [2.24, 2.45) is 7.05 Å². The molecule has 2 aromatic heterocycles. The molecule has 3 aromatic rings. The Bertz CT molecular complexity index is 1300. The Balaban J connectivity index is 1.56. The highest BCUT2D eigenvalue weighted by molar-refractivity contribution is 5.99. The molecule has 0 N–H and O–H groups in total. The molecule has 0 aliphatic carbocycles. The Morgan fingerprint density at radius 3 is 1.95 bits per heavy atom. The zero-order valence-electron chi connectivity index (χ0n) is 21.2. The molecular formula is C27H27F6N5O. The number of halogens is 6. The van der Waals surface area contributed by atoms with Crippen molar-refractivity contribution in [3.63, 3.8) is 0 Å². The number of imidazole rings is 1. The molecule has 0 bridgehead atoms. The first-order valence-electron chi connectivity index (χ1n) is 12.7. The highest BCUT2D eigenvalue weighted by Crippen LogP contribution is 2.39. The maximum atomic E-state index is 13.8. The number of benzene rings is 1. The molecule has 0 radical (unpaired) electrons. The Labute approximate surface area is 221 Å². The van der Waals surface area contributed by atoms with Gasteiger partial charge in [-0.3, -0.25) is 9.78 Å². The van der Waals surface area contributed by atoms with Crippen LogP contribution in [0.3, 0.4) is 0 Å². The second-order valence-corrected chi connectivity index (χ2v) is 9.99. The summed E-state index contributed by atoms with van der Waals surface area (Å²) in [5, 5.41) is 0. The Morgan fingerprint density at radius 2 is 1.41 bits per heavy atom. The highest BCUT2D eigenvalue weighted by Gasteiger charge is 2.38. The summed E-state index contributed by atoms with van der Waals surface area (Å²) in [4.78, 5) is 26.3. The fraction of sp³-hybridized carbons (Fsp3) is 0.444. The summed E-state index contributed by atoms with van der Waals surface area (Å²) in [6.07, 6.45) is -3.14. The van der Waals surface area contributed by atoms with Crippen LogP contribution in [0, 0.1) is 0 Å². The number of piperidine rings is 1. The van der Waals surface area contributed by atoms with Gasteiger partial charge >= 0.3 is 12.4 Å². The zero-order valence-corrected chi connectivity index (χ0v) is 21.2. The molecule has 6 nitrogen and oxygen atoms in total. The number of carbonyl (C=O) groups is 1. The van der Waals surface area contributed by atoms with Crippen LogP contribution in [0.25, 0.3) is 22.6 Å². The van der Waals surface area contributed by atoms with Gasteiger partial charge in [0, 0.05) is 49.7 Å². The zero-order chi connectivity index (χ0) is 27.9. The van der Waals surface area contributed by atoms with Crippen LogP contribution < -0.4 is 0 Å². The van der Waals surface area contributed by atoms with Crippen molar-refractivity contribution in [3.05, 3.63) is 59.5 Å². The summed E-state index contributed by atoms with van der Waals surface area (Å²) in [6.45, 7) is 3.09. The predicted molar refractivity (Wildman–Crippen MR) is 132 cm³/mol. The molecule has 12 heteroatoms. The molecule has 39 heavy (non-hydrogen) atoms. The van der Waals surface area contributed by atoms with E-state index in [9.17, 15) is 31.1 Å². The minimum atomic E-state index is -5.01. The molecule has 4 heterocycles. The van der Waals surface area contributed by atoms with Gasteiger partial charge in [-0.15, -0.1) is 0 Å². The van der Waals surface area contributed by atoms with E-state index in [0.717, 1.165) is 38.8 Å². The van der Waals surface area contributed by atoms with Crippen molar-refractivity contribution in [3.8, 4) is 22.6 Å². The summed E-state index contributed by atoms with van der Waals surface area (Å²) in [5.74, 6) is -0.542. The summed E-state index contributed by atoms with van der Waals surface area (Å²) >= 11 is 0. The van der Waals surface area contributed by atoms with E-state index in [-0.39, 0.29) is 34.7 Å². The Morgan fingerprint density at radius 1 is 0.846 bits per heavy atom. The fourth-order valence-corrected chi connectivity index (χ4v) is 5.49. The lowest BCUT2D eigenvalue weighted by Gasteiger charge is -2.36. The molecule has 0 saturated carbocycles. The van der Waals surface area contributed by atoms with Gasteiger partial charge in [0.15, 0.2) is 0 Å². The molecule has 2 saturated heterocycles. The molecule has 0 spiro atoms. The lowest BCUT2D eigenvalue weighted by Crippen LogP contribution is -2.46. The SMILES string of the molecule is Cn1c(-c2cc(C(F)(F)F)cc(C(F)(F)F)c2)nc(-c2ccncc2)c1C(=O)N1CCC(N2CCCC2)CC1. The van der Waals surface area contributed by atoms with E-state index in [1.165, 1.54) is 24.0 Å². The van der Waals surface area contributed by atoms with Crippen LogP contribution >= 0.6 is 0 Å². The van der Waals surface area contributed by atoms with E-state index in [1.54, 1.807) is 17.0 Å². The van der Waals surface area contributed by atoms with E-state index >= 15 is 0 Å². The van der Waals surface area contributed by atoms with Crippen molar-refractivity contribution < 1.29 is 31.1 Å². The average molecular weight is 552 g/mol. The van der Waals surface area contributed by atoms with Gasteiger partial charge < -0.3 is 14.4 Å². The van der Waals surface area contributed by atoms with Crippen LogP contribution in [-0.4, -0.2) is 62.5 Å². The number of likely N-dealkylation sites (tertiary alicyclic amines) is 2. The lowest BCUT2D eigenvalue weighted by molar-refractivity contribution is -0.143. The van der Waals surface area contributed by atoms with Gasteiger partial charge in [-0.2, -0.15) is 26.3 Å². The van der Waals surface area contributed by atoms with E-state index in [2.05, 4.69) is 14.9 Å². The number of aromatic nitrogens is 3. The smallest absolute Gasteiger partial charge is 0.337 e. The van der Waals surface area contributed by atoms with Crippen LogP contribution in [-0.2, 0) is 19.4 Å². The molecule has 2 fully saturated rings. The molecule has 0 unspecified atom stereocenters. The second kappa shape index (κ2) is 10.3. The number of rotatable bonds is 4. The molecule has 5 rings (SSSR count). The number of hydrogen-bond donors (Lipinski definition) is 0. The van der Waals surface area contributed by atoms with Crippen molar-refractivity contribution in [2.45, 2.75) is 44.1 Å². The number of nitrogens with zero attached hydrogens (tertiary/aromatic N) is 5. The van der Waals surface area contributed by atoms with Gasteiger partial charge in [-0.05, 0) is 69.1 Å². The first kappa shape index (κ1) is 27.2. The van der Waals surface area contributed by atoms with E-state index in [4.69, 9.17) is 0 Å². The lowest BCUT2D eigenvalue weighted by atomic mass is 10.0. The number of hydrogen-bond acceptors (Lipinski definition) is 4. The average Bonchev–Trinajstić information content (AvgIpc) is 3.56. The minimum Gasteiger partial charge on any atom is -0.337 e. The van der Waals surface area contributed by atoms with Crippen LogP contribution in [0.2, 0.25) is 0 Å². The van der Waals surface area contributed by atoms with Gasteiger partial charge in [0.05, 0.1) is 11.1 Å². The predicted octanol–water partition coefficient (Wildman–Crippen LogP) is 5.89. The monoisotopic (exact) mass is 551 g/mol. The molecule has 208 valence electrons. The quantitative estimate of drug-likeness (QED) is 0.380. The molecule has 0 atom stereocenters. The first-order valence-corrected chi connectivity index (χ1v) is 12.7. The van der Waals surface area contributed by atoms with Crippen LogP contribution in [0.1, 0.15) is 47.3 Å². The van der Waals surface area contributed by atoms with Crippen molar-refractivity contribution in [2.75, 3.05) is 26.2 Å². The molecule has 2 aliphatic heterocycles. The van der Waals surface area contributed by atoms with Gasteiger partial charge in [0.25, 0.3) is 5.91 Å². The van der Waals surface area contributed by atoms with E-state index < -0.39 is 23.5 Å². The van der Waals surface area contributed by atoms with E-state index in [1.807, 2.05) is 0 Å². The number of pyridine rings is 1. The standard InChI is InChI=1S/C27H27F6N5O/c1-36-23(25(39)38-12-6-21(7-13-38)37-10-2-3-11-37)22(17-4-8-34-9-5-17)35-24(36)18-14-19(26(28,29)30)16-20(15-18)27(31,32)33/h4-5,8-9,14-16,21H,2-3,6-7,10-13H2,1H3. The topological polar surface area (TPSA) is 54.3 Å². The van der Waals surface area contributed by atoms with Gasteiger partial charge in [0.1, 0.15) is 17.2 Å². The normalized spacial score (nSPS) is 17.7. The van der Waals surface area contributed by atoms with E-state index in [0.29, 0.717) is 36.8 Å². The maximum Gasteiger partial charge on any atom is 0.416 e. The Hall–Kier alpha value is -3.41. The van der Waals surface area contributed by atoms with Crippen LogP contribution in [0.5, 0.6) is 0 Å². The third-order valence-electron chi connectivity index (χ3n) is 7.51. The largest absolute Gasteiger partial charge is 0.416 e. The number of alkyl halides is 6. The summed E-state index contributed by atoms with van der Waals surface area (Å²) in [7, 11) is 1.44.